The van der Waals surface area contributed by atoms with Crippen molar-refractivity contribution in [3.8, 4) is 0 Å². The minimum absolute atomic E-state index is 0.260. The van der Waals surface area contributed by atoms with Crippen molar-refractivity contribution in [2.24, 2.45) is 0 Å². The summed E-state index contributed by atoms with van der Waals surface area (Å²) in [6.45, 7) is 2.04. The van der Waals surface area contributed by atoms with Gasteiger partial charge in [0, 0.05) is 11.9 Å². The van der Waals surface area contributed by atoms with Crippen LogP contribution in [0.1, 0.15) is 11.1 Å². The molecule has 23 heavy (non-hydrogen) atoms. The van der Waals surface area contributed by atoms with E-state index in [2.05, 4.69) is 16.7 Å². The van der Waals surface area contributed by atoms with E-state index in [0.29, 0.717) is 0 Å². The largest absolute Gasteiger partial charge is 0.323 e. The van der Waals surface area contributed by atoms with Crippen LogP contribution in [0.4, 0.5) is 10.5 Å². The zero-order chi connectivity index (χ0) is 16.1. The Hall–Kier alpha value is -3.07. The van der Waals surface area contributed by atoms with E-state index in [0.717, 1.165) is 22.0 Å². The van der Waals surface area contributed by atoms with Gasteiger partial charge in [-0.1, -0.05) is 60.2 Å². The summed E-state index contributed by atoms with van der Waals surface area (Å²) in [5.41, 5.74) is 3.01. The van der Waals surface area contributed by atoms with Gasteiger partial charge in [0.05, 0.1) is 0 Å². The van der Waals surface area contributed by atoms with Crippen LogP contribution >= 0.6 is 0 Å². The number of fused-ring (bicyclic) bond motifs is 1. The summed E-state index contributed by atoms with van der Waals surface area (Å²) < 4.78 is 0. The highest BCUT2D eigenvalue weighted by Gasteiger charge is 2.00. The maximum atomic E-state index is 11.9. The number of hydrogen-bond donors (Lipinski definition) is 2. The summed E-state index contributed by atoms with van der Waals surface area (Å²) in [6.07, 6.45) is 3.51. The first-order valence-corrected chi connectivity index (χ1v) is 7.50. The molecule has 3 aromatic carbocycles. The number of carbonyl (C=O) groups excluding carboxylic acids is 1. The van der Waals surface area contributed by atoms with E-state index in [1.165, 1.54) is 5.56 Å². The lowest BCUT2D eigenvalue weighted by Crippen LogP contribution is -2.23. The van der Waals surface area contributed by atoms with E-state index in [1.807, 2.05) is 73.7 Å². The fourth-order valence-electron chi connectivity index (χ4n) is 2.42. The van der Waals surface area contributed by atoms with Crippen molar-refractivity contribution in [1.82, 2.24) is 5.32 Å². The predicted molar refractivity (Wildman–Crippen MR) is 96.3 cm³/mol. The molecule has 0 heterocycles. The molecular weight excluding hydrogens is 284 g/mol. The molecule has 3 rings (SSSR count). The normalized spacial score (nSPS) is 10.8. The summed E-state index contributed by atoms with van der Waals surface area (Å²) in [6, 6.07) is 21.7. The van der Waals surface area contributed by atoms with Crippen molar-refractivity contribution in [2.75, 3.05) is 5.32 Å². The first kappa shape index (κ1) is 14.9. The monoisotopic (exact) mass is 302 g/mol. The van der Waals surface area contributed by atoms with Crippen molar-refractivity contribution >= 4 is 28.6 Å². The molecule has 0 aliphatic carbocycles. The molecule has 0 atom stereocenters. The summed E-state index contributed by atoms with van der Waals surface area (Å²) in [4.78, 5) is 11.9. The van der Waals surface area contributed by atoms with Gasteiger partial charge in [0.2, 0.25) is 0 Å². The number of urea groups is 1. The van der Waals surface area contributed by atoms with Gasteiger partial charge in [-0.3, -0.25) is 0 Å². The molecule has 0 bridgehead atoms. The van der Waals surface area contributed by atoms with E-state index in [4.69, 9.17) is 0 Å². The number of anilines is 1. The molecule has 0 saturated heterocycles. The van der Waals surface area contributed by atoms with E-state index < -0.39 is 0 Å². The lowest BCUT2D eigenvalue weighted by Gasteiger charge is -2.06. The van der Waals surface area contributed by atoms with Crippen molar-refractivity contribution in [3.05, 3.63) is 84.1 Å². The number of rotatable bonds is 3. The van der Waals surface area contributed by atoms with Crippen LogP contribution in [-0.4, -0.2) is 6.03 Å². The molecule has 2 N–H and O–H groups in total. The molecule has 3 nitrogen and oxygen atoms in total. The van der Waals surface area contributed by atoms with Crippen LogP contribution in [-0.2, 0) is 0 Å². The highest BCUT2D eigenvalue weighted by atomic mass is 16.2. The SMILES string of the molecule is Cc1cccc(/C=C/NC(=O)Nc2ccc3ccccc3c2)c1. The molecule has 3 heteroatoms. The highest BCUT2D eigenvalue weighted by molar-refractivity contribution is 5.94. The fraction of sp³-hybridized carbons (Fsp3) is 0.0500. The van der Waals surface area contributed by atoms with Crippen molar-refractivity contribution in [2.45, 2.75) is 6.92 Å². The number of amides is 2. The second-order valence-electron chi connectivity index (χ2n) is 5.41. The molecule has 0 saturated carbocycles. The van der Waals surface area contributed by atoms with Gasteiger partial charge < -0.3 is 10.6 Å². The molecule has 0 aliphatic rings. The molecule has 0 aromatic heterocycles. The van der Waals surface area contributed by atoms with Crippen molar-refractivity contribution in [3.63, 3.8) is 0 Å². The molecule has 0 fully saturated rings. The lowest BCUT2D eigenvalue weighted by molar-refractivity contribution is 0.255. The first-order chi connectivity index (χ1) is 11.2. The minimum atomic E-state index is -0.260. The number of hydrogen-bond acceptors (Lipinski definition) is 1. The molecular formula is C20H18N2O. The summed E-state index contributed by atoms with van der Waals surface area (Å²) >= 11 is 0. The van der Waals surface area contributed by atoms with Gasteiger partial charge in [0.1, 0.15) is 0 Å². The molecule has 3 aromatic rings. The minimum Gasteiger partial charge on any atom is -0.314 e. The van der Waals surface area contributed by atoms with Crippen LogP contribution < -0.4 is 10.6 Å². The Morgan fingerprint density at radius 1 is 0.913 bits per heavy atom. The maximum absolute atomic E-state index is 11.9. The van der Waals surface area contributed by atoms with E-state index in [9.17, 15) is 4.79 Å². The summed E-state index contributed by atoms with van der Waals surface area (Å²) in [5, 5.41) is 7.80. The quantitative estimate of drug-likeness (QED) is 0.707. The molecule has 0 unspecified atom stereocenters. The smallest absolute Gasteiger partial charge is 0.314 e. The first-order valence-electron chi connectivity index (χ1n) is 7.50. The fourth-order valence-corrected chi connectivity index (χ4v) is 2.42. The van der Waals surface area contributed by atoms with E-state index in [-0.39, 0.29) is 6.03 Å². The van der Waals surface area contributed by atoms with Crippen molar-refractivity contribution in [1.29, 1.82) is 0 Å². The zero-order valence-corrected chi connectivity index (χ0v) is 12.9. The van der Waals surface area contributed by atoms with Crippen LogP contribution in [0.2, 0.25) is 0 Å². The summed E-state index contributed by atoms with van der Waals surface area (Å²) in [7, 11) is 0. The third-order valence-electron chi connectivity index (χ3n) is 3.54. The van der Waals surface area contributed by atoms with Gasteiger partial charge in [-0.25, -0.2) is 4.79 Å². The highest BCUT2D eigenvalue weighted by Crippen LogP contribution is 2.18. The zero-order valence-electron chi connectivity index (χ0n) is 12.9. The third kappa shape index (κ3) is 3.98. The predicted octanol–water partition coefficient (Wildman–Crippen LogP) is 4.94. The molecule has 0 spiro atoms. The van der Waals surface area contributed by atoms with Crippen LogP contribution in [0.5, 0.6) is 0 Å². The Kier molecular flexibility index (Phi) is 4.39. The maximum Gasteiger partial charge on any atom is 0.323 e. The number of nitrogens with one attached hydrogen (secondary N) is 2. The Labute approximate surface area is 135 Å². The number of aryl methyl sites for hydroxylation is 1. The van der Waals surface area contributed by atoms with Crippen LogP contribution in [0.25, 0.3) is 16.8 Å². The van der Waals surface area contributed by atoms with Gasteiger partial charge >= 0.3 is 6.03 Å². The molecule has 0 aliphatic heterocycles. The van der Waals surface area contributed by atoms with Gasteiger partial charge in [-0.2, -0.15) is 0 Å². The standard InChI is InChI=1S/C20H18N2O/c1-15-5-4-6-16(13-15)11-12-21-20(23)22-19-10-9-17-7-2-3-8-18(17)14-19/h2-14H,1H3,(H2,21,22,23)/b12-11+. The van der Waals surface area contributed by atoms with Crippen LogP contribution in [0, 0.1) is 6.92 Å². The Bertz CT molecular complexity index is 868. The topological polar surface area (TPSA) is 41.1 Å². The van der Waals surface area contributed by atoms with E-state index in [1.54, 1.807) is 6.20 Å². The average Bonchev–Trinajstić information content (AvgIpc) is 2.55. The van der Waals surface area contributed by atoms with Gasteiger partial charge in [-0.05, 0) is 41.5 Å². The number of benzene rings is 3. The Morgan fingerprint density at radius 2 is 1.74 bits per heavy atom. The van der Waals surface area contributed by atoms with Gasteiger partial charge in [-0.15, -0.1) is 0 Å². The number of carbonyl (C=O) groups is 1. The lowest BCUT2D eigenvalue weighted by atomic mass is 10.1. The van der Waals surface area contributed by atoms with Crippen molar-refractivity contribution < 1.29 is 4.79 Å². The Morgan fingerprint density at radius 3 is 2.57 bits per heavy atom. The second kappa shape index (κ2) is 6.79. The summed E-state index contributed by atoms with van der Waals surface area (Å²) in [5.74, 6) is 0. The van der Waals surface area contributed by atoms with Gasteiger partial charge in [0.15, 0.2) is 0 Å². The Balaban J connectivity index is 1.62. The third-order valence-corrected chi connectivity index (χ3v) is 3.54. The average molecular weight is 302 g/mol. The van der Waals surface area contributed by atoms with E-state index >= 15 is 0 Å². The molecule has 2 amide bonds. The van der Waals surface area contributed by atoms with Crippen LogP contribution in [0.15, 0.2) is 72.9 Å². The van der Waals surface area contributed by atoms with Crippen LogP contribution in [0.3, 0.4) is 0 Å². The molecule has 114 valence electrons. The van der Waals surface area contributed by atoms with Gasteiger partial charge in [0.25, 0.3) is 0 Å². The second-order valence-corrected chi connectivity index (χ2v) is 5.41. The molecule has 0 radical (unpaired) electrons.